The topological polar surface area (TPSA) is 108 Å². The first-order chi connectivity index (χ1) is 47.6. The third kappa shape index (κ3) is 78.1. The van der Waals surface area contributed by atoms with Crippen LogP contribution in [0.3, 0.4) is 0 Å². The highest BCUT2D eigenvalue weighted by molar-refractivity contribution is 5.71. The Kier molecular flexibility index (Phi) is 72.6. The number of carboxylic acids is 1. The number of esters is 2. The van der Waals surface area contributed by atoms with E-state index >= 15 is 0 Å². The smallest absolute Gasteiger partial charge is 0.361 e. The molecule has 0 rings (SSSR count). The molecule has 0 aliphatic rings. The van der Waals surface area contributed by atoms with Crippen molar-refractivity contribution < 1.29 is 42.9 Å². The van der Waals surface area contributed by atoms with Gasteiger partial charge in [-0.25, -0.2) is 4.79 Å². The van der Waals surface area contributed by atoms with E-state index < -0.39 is 24.3 Å². The summed E-state index contributed by atoms with van der Waals surface area (Å²) in [7, 11) is 5.98. The van der Waals surface area contributed by atoms with Gasteiger partial charge in [-0.3, -0.25) is 9.59 Å². The van der Waals surface area contributed by atoms with Gasteiger partial charge in [0, 0.05) is 12.8 Å². The molecule has 9 nitrogen and oxygen atoms in total. The normalized spacial score (nSPS) is 13.5. The molecule has 0 aliphatic carbocycles. The van der Waals surface area contributed by atoms with Gasteiger partial charge in [0.2, 0.25) is 0 Å². The minimum Gasteiger partial charge on any atom is -0.477 e. The van der Waals surface area contributed by atoms with Gasteiger partial charge in [0.15, 0.2) is 6.10 Å². The predicted molar refractivity (Wildman–Crippen MR) is 419 cm³/mol. The molecule has 0 aromatic rings. The number of ether oxygens (including phenoxy) is 4. The van der Waals surface area contributed by atoms with Gasteiger partial charge in [-0.2, -0.15) is 0 Å². The Morgan fingerprint density at radius 1 is 0.309 bits per heavy atom. The Hall–Kier alpha value is -5.09. The van der Waals surface area contributed by atoms with Crippen molar-refractivity contribution in [2.24, 2.45) is 0 Å². The number of aliphatic carboxylic acids is 1. The fraction of sp³-hybridized carbons (Fsp3) is 0.670. The molecule has 1 N–H and O–H groups in total. The predicted octanol–water partition coefficient (Wildman–Crippen LogP) is 25.6. The number of rotatable bonds is 72. The zero-order chi connectivity index (χ0) is 70.4. The second-order valence-corrected chi connectivity index (χ2v) is 27.3. The fourth-order valence-electron chi connectivity index (χ4n) is 10.8. The Morgan fingerprint density at radius 3 is 0.825 bits per heavy atom. The lowest BCUT2D eigenvalue weighted by Crippen LogP contribution is -2.40. The quantitative estimate of drug-likeness (QED) is 0.0211. The highest BCUT2D eigenvalue weighted by Gasteiger charge is 2.25. The first-order valence-electron chi connectivity index (χ1n) is 39.6. The van der Waals surface area contributed by atoms with Crippen LogP contribution in [0, 0.1) is 0 Å². The number of hydrogen-bond acceptors (Lipinski definition) is 7. The second-order valence-electron chi connectivity index (χ2n) is 27.3. The maximum atomic E-state index is 13.0. The monoisotopic (exact) mass is 1350 g/mol. The molecule has 0 aromatic carbocycles. The Morgan fingerprint density at radius 2 is 0.557 bits per heavy atom. The minimum absolute atomic E-state index is 0.183. The second kappa shape index (κ2) is 76.7. The summed E-state index contributed by atoms with van der Waals surface area (Å²) in [5.41, 5.74) is 0. The average molecular weight is 1350 g/mol. The van der Waals surface area contributed by atoms with Crippen molar-refractivity contribution >= 4 is 17.9 Å². The lowest BCUT2D eigenvalue weighted by molar-refractivity contribution is -0.870. The van der Waals surface area contributed by atoms with E-state index in [9.17, 15) is 19.5 Å². The molecule has 0 heterocycles. The Balaban J connectivity index is 4.06. The van der Waals surface area contributed by atoms with Gasteiger partial charge in [0.05, 0.1) is 34.4 Å². The molecule has 0 amide bonds. The maximum Gasteiger partial charge on any atom is 0.361 e. The summed E-state index contributed by atoms with van der Waals surface area (Å²) < 4.78 is 23.0. The van der Waals surface area contributed by atoms with E-state index in [1.807, 2.05) is 21.1 Å². The standard InChI is InChI=1S/C88H147NO8/c1-6-8-10-12-14-16-18-20-22-24-26-28-30-32-34-36-38-40-41-42-43-44-45-47-49-51-53-55-57-59-61-63-65-67-69-71-73-75-77-79-86(91)97-84(83-96-88(87(92)93)94-81-80-89(3,4)5)82-95-85(90)78-76-74-72-70-68-66-64-62-60-58-56-54-52-50-48-46-39-37-35-33-31-29-27-25-23-21-19-17-15-13-11-9-7-2/h8-11,14-17,20-23,26-29,32-35,38,40,42-43,45,47,84,88H,6-7,12-13,18-19,24-25,30-31,36-37,39,41,44,46,48-83H2,1-5H3/p+1/b10-8-,11-9-,16-14-,17-15-,22-20-,23-21-,28-26-,29-27-,34-32-,35-33-,40-38-,43-42-,47-45-. The zero-order valence-corrected chi connectivity index (χ0v) is 63.2. The summed E-state index contributed by atoms with van der Waals surface area (Å²) in [5, 5.41) is 9.78. The van der Waals surface area contributed by atoms with Gasteiger partial charge in [-0.15, -0.1) is 0 Å². The Labute approximate surface area is 597 Å². The van der Waals surface area contributed by atoms with Crippen LogP contribution >= 0.6 is 0 Å². The van der Waals surface area contributed by atoms with E-state index in [0.29, 0.717) is 23.9 Å². The number of carboxylic acid groups (broad SMARTS) is 1. The molecule has 9 heteroatoms. The molecule has 0 fully saturated rings. The molecule has 0 spiro atoms. The number of carbonyl (C=O) groups excluding carboxylic acids is 2. The van der Waals surface area contributed by atoms with Crippen LogP contribution in [-0.4, -0.2) is 87.4 Å². The molecule has 97 heavy (non-hydrogen) atoms. The van der Waals surface area contributed by atoms with Crippen molar-refractivity contribution in [1.82, 2.24) is 0 Å². The van der Waals surface area contributed by atoms with Crippen LogP contribution < -0.4 is 0 Å². The van der Waals surface area contributed by atoms with Crippen LogP contribution in [0.1, 0.15) is 322 Å². The number of nitrogens with zero attached hydrogens (tertiary/aromatic N) is 1. The highest BCUT2D eigenvalue weighted by atomic mass is 16.7. The minimum atomic E-state index is -1.52. The third-order valence-electron chi connectivity index (χ3n) is 16.8. The summed E-state index contributed by atoms with van der Waals surface area (Å²) in [6, 6.07) is 0. The number of carbonyl (C=O) groups is 3. The van der Waals surface area contributed by atoms with E-state index in [2.05, 4.69) is 172 Å². The van der Waals surface area contributed by atoms with E-state index in [1.54, 1.807) is 0 Å². The van der Waals surface area contributed by atoms with Gasteiger partial charge >= 0.3 is 17.9 Å². The van der Waals surface area contributed by atoms with Gasteiger partial charge in [-0.1, -0.05) is 345 Å². The highest BCUT2D eigenvalue weighted by Crippen LogP contribution is 2.18. The number of quaternary nitrogens is 1. The van der Waals surface area contributed by atoms with E-state index in [1.165, 1.54) is 167 Å². The molecule has 0 saturated carbocycles. The first kappa shape index (κ1) is 91.9. The van der Waals surface area contributed by atoms with Crippen LogP contribution in [0.4, 0.5) is 0 Å². The molecular weight excluding hydrogens is 1200 g/mol. The van der Waals surface area contributed by atoms with Crippen molar-refractivity contribution in [3.63, 3.8) is 0 Å². The van der Waals surface area contributed by atoms with Crippen LogP contribution in [0.15, 0.2) is 158 Å². The lowest BCUT2D eigenvalue weighted by atomic mass is 10.0. The number of likely N-dealkylation sites (N-methyl/N-ethyl adjacent to an activating group) is 1. The Bertz CT molecular complexity index is 2160. The maximum absolute atomic E-state index is 13.0. The van der Waals surface area contributed by atoms with Gasteiger partial charge in [-0.05, 0) is 122 Å². The summed E-state index contributed by atoms with van der Waals surface area (Å²) in [5.74, 6) is -2.00. The molecule has 0 aromatic heterocycles. The van der Waals surface area contributed by atoms with Crippen molar-refractivity contribution in [2.45, 2.75) is 334 Å². The molecule has 0 saturated heterocycles. The number of hydrogen-bond donors (Lipinski definition) is 1. The van der Waals surface area contributed by atoms with Crippen LogP contribution in [0.25, 0.3) is 0 Å². The van der Waals surface area contributed by atoms with Crippen molar-refractivity contribution in [3.05, 3.63) is 158 Å². The van der Waals surface area contributed by atoms with Crippen molar-refractivity contribution in [2.75, 3.05) is 47.5 Å². The van der Waals surface area contributed by atoms with E-state index in [0.717, 1.165) is 122 Å². The largest absolute Gasteiger partial charge is 0.477 e. The lowest BCUT2D eigenvalue weighted by Gasteiger charge is -2.25. The van der Waals surface area contributed by atoms with Gasteiger partial charge < -0.3 is 28.5 Å². The molecular formula is C88H148NO8+. The van der Waals surface area contributed by atoms with Crippen LogP contribution in [0.2, 0.25) is 0 Å². The van der Waals surface area contributed by atoms with E-state index in [-0.39, 0.29) is 32.2 Å². The summed E-state index contributed by atoms with van der Waals surface area (Å²) in [4.78, 5) is 37.8. The summed E-state index contributed by atoms with van der Waals surface area (Å²) in [6.07, 6.45) is 111. The summed E-state index contributed by atoms with van der Waals surface area (Å²) >= 11 is 0. The zero-order valence-electron chi connectivity index (χ0n) is 63.2. The first-order valence-corrected chi connectivity index (χ1v) is 39.6. The molecule has 0 bridgehead atoms. The van der Waals surface area contributed by atoms with Crippen molar-refractivity contribution in [3.8, 4) is 0 Å². The number of allylic oxidation sites excluding steroid dienone is 26. The molecule has 552 valence electrons. The van der Waals surface area contributed by atoms with Gasteiger partial charge in [0.25, 0.3) is 6.29 Å². The SMILES string of the molecule is CC/C=C\C/C=C\C/C=C\C/C=C\C/C=C\C/C=C\C/C=C\C/C=C\CCCCCCCCCCCCCCCCC(=O)OC(COC(=O)CCCCCCCCCCCCCCCCCCC/C=C\C/C=C\C/C=C\C/C=C\C/C=C\CC)COC(OCC[N+](C)(C)C)C(=O)O. The fourth-order valence-corrected chi connectivity index (χ4v) is 10.8. The molecule has 2 atom stereocenters. The molecule has 2 unspecified atom stereocenters. The summed E-state index contributed by atoms with van der Waals surface area (Å²) in [6.45, 7) is 4.67. The van der Waals surface area contributed by atoms with Crippen molar-refractivity contribution in [1.29, 1.82) is 0 Å². The average Bonchev–Trinajstić information content (AvgIpc) is 2.39. The van der Waals surface area contributed by atoms with Crippen LogP contribution in [0.5, 0.6) is 0 Å². The van der Waals surface area contributed by atoms with Crippen LogP contribution in [-0.2, 0) is 33.3 Å². The molecule has 0 radical (unpaired) electrons. The molecule has 0 aliphatic heterocycles. The third-order valence-corrected chi connectivity index (χ3v) is 16.8. The number of unbranched alkanes of at least 4 members (excludes halogenated alkanes) is 31. The van der Waals surface area contributed by atoms with E-state index in [4.69, 9.17) is 18.9 Å². The van der Waals surface area contributed by atoms with Gasteiger partial charge in [0.1, 0.15) is 13.2 Å².